The Morgan fingerprint density at radius 1 is 0.939 bits per heavy atom. The van der Waals surface area contributed by atoms with E-state index in [1.165, 1.54) is 16.4 Å². The normalized spacial score (nSPS) is 15.0. The first kappa shape index (κ1) is 21.4. The van der Waals surface area contributed by atoms with E-state index in [2.05, 4.69) is 5.32 Å². The van der Waals surface area contributed by atoms with Gasteiger partial charge in [0.05, 0.1) is 18.1 Å². The fourth-order valence-corrected chi connectivity index (χ4v) is 5.27. The molecule has 1 amide bonds. The number of nitrogens with one attached hydrogen (secondary N) is 1. The van der Waals surface area contributed by atoms with Gasteiger partial charge >= 0.3 is 0 Å². The van der Waals surface area contributed by atoms with Crippen LogP contribution in [0, 0.1) is 0 Å². The number of para-hydroxylation sites is 1. The number of hydrogen-bond acceptors (Lipinski definition) is 6. The van der Waals surface area contributed by atoms with Gasteiger partial charge in [-0.3, -0.25) is 4.79 Å². The number of sulfonamides is 1. The van der Waals surface area contributed by atoms with Gasteiger partial charge in [0, 0.05) is 29.5 Å². The molecular weight excluding hydrogens is 444 g/mol. The summed E-state index contributed by atoms with van der Waals surface area (Å²) in [5.74, 6) is 0.140. The van der Waals surface area contributed by atoms with Crippen molar-refractivity contribution in [3.63, 3.8) is 0 Å². The zero-order valence-electron chi connectivity index (χ0n) is 17.7. The summed E-state index contributed by atoms with van der Waals surface area (Å²) in [5, 5.41) is 4.58. The second kappa shape index (κ2) is 8.86. The van der Waals surface area contributed by atoms with Gasteiger partial charge in [-0.05, 0) is 42.5 Å². The number of hydrogen-bond donors (Lipinski definition) is 1. The van der Waals surface area contributed by atoms with E-state index in [9.17, 15) is 13.2 Å². The molecule has 0 atom stereocenters. The van der Waals surface area contributed by atoms with E-state index in [0.717, 1.165) is 21.9 Å². The zero-order chi connectivity index (χ0) is 22.8. The van der Waals surface area contributed by atoms with Crippen molar-refractivity contribution >= 4 is 43.6 Å². The topological polar surface area (TPSA) is 98.1 Å². The van der Waals surface area contributed by atoms with Gasteiger partial charge in [-0.2, -0.15) is 4.31 Å². The lowest BCUT2D eigenvalue weighted by Gasteiger charge is -2.26. The molecule has 0 saturated carbocycles. The maximum Gasteiger partial charge on any atom is 0.262 e. The largest absolute Gasteiger partial charge is 0.484 e. The van der Waals surface area contributed by atoms with E-state index < -0.39 is 15.9 Å². The second-order valence-electron chi connectivity index (χ2n) is 7.64. The summed E-state index contributed by atoms with van der Waals surface area (Å²) in [4.78, 5) is 12.6. The van der Waals surface area contributed by atoms with Crippen molar-refractivity contribution in [1.82, 2.24) is 4.31 Å². The highest BCUT2D eigenvalue weighted by atomic mass is 32.2. The van der Waals surface area contributed by atoms with Crippen molar-refractivity contribution in [3.05, 3.63) is 66.7 Å². The number of anilines is 1. The number of morpholine rings is 1. The molecule has 0 aliphatic carbocycles. The molecule has 1 N–H and O–H groups in total. The van der Waals surface area contributed by atoms with Crippen molar-refractivity contribution < 1.29 is 27.1 Å². The maximum absolute atomic E-state index is 12.8. The molecule has 0 spiro atoms. The molecule has 33 heavy (non-hydrogen) atoms. The minimum atomic E-state index is -3.65. The van der Waals surface area contributed by atoms with E-state index >= 15 is 0 Å². The van der Waals surface area contributed by atoms with E-state index in [1.807, 2.05) is 36.4 Å². The molecule has 2 heterocycles. The molecular formula is C24H22N2O6S. The first-order chi connectivity index (χ1) is 16.0. The van der Waals surface area contributed by atoms with Crippen LogP contribution in [0.4, 0.5) is 5.69 Å². The first-order valence-corrected chi connectivity index (χ1v) is 12.0. The van der Waals surface area contributed by atoms with Gasteiger partial charge < -0.3 is 19.2 Å². The van der Waals surface area contributed by atoms with Gasteiger partial charge in [0.25, 0.3) is 5.91 Å². The summed E-state index contributed by atoms with van der Waals surface area (Å²) in [6.45, 7) is 1.13. The Kier molecular flexibility index (Phi) is 5.76. The van der Waals surface area contributed by atoms with Gasteiger partial charge in [0.1, 0.15) is 16.9 Å². The number of rotatable bonds is 6. The van der Waals surface area contributed by atoms with Crippen LogP contribution in [-0.2, 0) is 19.6 Å². The van der Waals surface area contributed by atoms with Crippen molar-refractivity contribution in [2.75, 3.05) is 38.2 Å². The van der Waals surface area contributed by atoms with Crippen LogP contribution in [0.2, 0.25) is 0 Å². The molecule has 4 aromatic rings. The molecule has 0 radical (unpaired) electrons. The highest BCUT2D eigenvalue weighted by Gasteiger charge is 2.26. The van der Waals surface area contributed by atoms with Crippen molar-refractivity contribution in [2.45, 2.75) is 4.90 Å². The molecule has 3 aromatic carbocycles. The second-order valence-corrected chi connectivity index (χ2v) is 9.58. The Hall–Kier alpha value is -3.40. The van der Waals surface area contributed by atoms with E-state index in [1.54, 1.807) is 18.2 Å². The lowest BCUT2D eigenvalue weighted by Crippen LogP contribution is -2.40. The molecule has 1 aromatic heterocycles. The quantitative estimate of drug-likeness (QED) is 0.466. The highest BCUT2D eigenvalue weighted by Crippen LogP contribution is 2.31. The third-order valence-electron chi connectivity index (χ3n) is 5.44. The third kappa shape index (κ3) is 4.43. The summed E-state index contributed by atoms with van der Waals surface area (Å²) >= 11 is 0. The van der Waals surface area contributed by atoms with Gasteiger partial charge in [-0.25, -0.2) is 8.42 Å². The number of ether oxygens (including phenoxy) is 2. The summed E-state index contributed by atoms with van der Waals surface area (Å²) in [5.41, 5.74) is 1.91. The number of furan rings is 1. The van der Waals surface area contributed by atoms with E-state index in [0.29, 0.717) is 37.7 Å². The summed E-state index contributed by atoms with van der Waals surface area (Å²) < 4.78 is 43.8. The molecule has 8 nitrogen and oxygen atoms in total. The fraction of sp³-hybridized carbons (Fsp3) is 0.208. The summed E-state index contributed by atoms with van der Waals surface area (Å²) in [7, 11) is -3.65. The predicted octanol–water partition coefficient (Wildman–Crippen LogP) is 3.62. The van der Waals surface area contributed by atoms with E-state index in [-0.39, 0.29) is 11.5 Å². The number of amides is 1. The van der Waals surface area contributed by atoms with Gasteiger partial charge in [-0.1, -0.05) is 24.3 Å². The molecule has 0 unspecified atom stereocenters. The Balaban J connectivity index is 1.26. The Labute approximate surface area is 190 Å². The van der Waals surface area contributed by atoms with Crippen LogP contribution in [0.3, 0.4) is 0 Å². The Morgan fingerprint density at radius 3 is 2.58 bits per heavy atom. The Bertz CT molecular complexity index is 1420. The smallest absolute Gasteiger partial charge is 0.262 e. The number of nitrogens with zero attached hydrogens (tertiary/aromatic N) is 1. The molecule has 5 rings (SSSR count). The van der Waals surface area contributed by atoms with Crippen LogP contribution in [0.15, 0.2) is 76.0 Å². The minimum absolute atomic E-state index is 0.125. The SMILES string of the molecule is O=C(COc1ccc2oc3ccccc3c2c1)Nc1cccc(S(=O)(=O)N2CCOCC2)c1. The number of carbonyl (C=O) groups excluding carboxylic acids is 1. The van der Waals surface area contributed by atoms with Crippen molar-refractivity contribution in [3.8, 4) is 5.75 Å². The lowest BCUT2D eigenvalue weighted by molar-refractivity contribution is -0.118. The van der Waals surface area contributed by atoms with Crippen LogP contribution in [-0.4, -0.2) is 51.5 Å². The summed E-state index contributed by atoms with van der Waals surface area (Å²) in [6.07, 6.45) is 0. The molecule has 1 aliphatic heterocycles. The standard InChI is InChI=1S/C24H22N2O6S/c27-24(16-31-18-8-9-23-21(15-18)20-6-1-2-7-22(20)32-23)25-17-4-3-5-19(14-17)33(28,29)26-10-12-30-13-11-26/h1-9,14-15H,10-13,16H2,(H,25,27). The number of benzene rings is 3. The molecule has 1 aliphatic rings. The van der Waals surface area contributed by atoms with E-state index in [4.69, 9.17) is 13.9 Å². The highest BCUT2D eigenvalue weighted by molar-refractivity contribution is 7.89. The fourth-order valence-electron chi connectivity index (χ4n) is 3.81. The summed E-state index contributed by atoms with van der Waals surface area (Å²) in [6, 6.07) is 19.3. The van der Waals surface area contributed by atoms with Crippen LogP contribution >= 0.6 is 0 Å². The first-order valence-electron chi connectivity index (χ1n) is 10.5. The zero-order valence-corrected chi connectivity index (χ0v) is 18.5. The minimum Gasteiger partial charge on any atom is -0.484 e. The van der Waals surface area contributed by atoms with Gasteiger partial charge in [-0.15, -0.1) is 0 Å². The van der Waals surface area contributed by atoms with Gasteiger partial charge in [0.2, 0.25) is 10.0 Å². The lowest BCUT2D eigenvalue weighted by atomic mass is 10.1. The average Bonchev–Trinajstić information content (AvgIpc) is 3.21. The maximum atomic E-state index is 12.8. The average molecular weight is 467 g/mol. The monoisotopic (exact) mass is 466 g/mol. The van der Waals surface area contributed by atoms with Crippen LogP contribution in [0.25, 0.3) is 21.9 Å². The number of carbonyl (C=O) groups is 1. The molecule has 170 valence electrons. The van der Waals surface area contributed by atoms with Crippen LogP contribution < -0.4 is 10.1 Å². The molecule has 0 bridgehead atoms. The van der Waals surface area contributed by atoms with Crippen LogP contribution in [0.1, 0.15) is 0 Å². The number of fused-ring (bicyclic) bond motifs is 3. The van der Waals surface area contributed by atoms with Crippen molar-refractivity contribution in [2.24, 2.45) is 0 Å². The van der Waals surface area contributed by atoms with Crippen molar-refractivity contribution in [1.29, 1.82) is 0 Å². The third-order valence-corrected chi connectivity index (χ3v) is 7.34. The molecule has 1 saturated heterocycles. The molecule has 1 fully saturated rings. The van der Waals surface area contributed by atoms with Crippen LogP contribution in [0.5, 0.6) is 5.75 Å². The molecule has 9 heteroatoms. The predicted molar refractivity (Wildman–Crippen MR) is 124 cm³/mol. The van der Waals surface area contributed by atoms with Gasteiger partial charge in [0.15, 0.2) is 6.61 Å². The Morgan fingerprint density at radius 2 is 1.73 bits per heavy atom.